The summed E-state index contributed by atoms with van der Waals surface area (Å²) in [5.74, 6) is 0.597. The molecule has 0 atom stereocenters. The van der Waals surface area contributed by atoms with Gasteiger partial charge in [0.05, 0.1) is 6.61 Å². The van der Waals surface area contributed by atoms with Gasteiger partial charge in [-0.05, 0) is 38.1 Å². The molecule has 0 aliphatic heterocycles. The van der Waals surface area contributed by atoms with E-state index in [0.717, 1.165) is 19.1 Å². The van der Waals surface area contributed by atoms with Gasteiger partial charge < -0.3 is 14.5 Å². The lowest BCUT2D eigenvalue weighted by molar-refractivity contribution is 0.128. The number of alkyl carbamates (subject to hydrolysis) is 1. The van der Waals surface area contributed by atoms with E-state index in [9.17, 15) is 4.79 Å². The lowest BCUT2D eigenvalue weighted by Gasteiger charge is -2.10. The van der Waals surface area contributed by atoms with Gasteiger partial charge in [-0.15, -0.1) is 0 Å². The van der Waals surface area contributed by atoms with E-state index in [2.05, 4.69) is 5.32 Å². The van der Waals surface area contributed by atoms with Gasteiger partial charge in [-0.1, -0.05) is 12.8 Å². The summed E-state index contributed by atoms with van der Waals surface area (Å²) < 4.78 is 10.4. The topological polar surface area (TPSA) is 47.6 Å². The molecule has 1 rings (SSSR count). The number of hydrogen-bond donors (Lipinski definition) is 1. The van der Waals surface area contributed by atoms with Gasteiger partial charge in [0.1, 0.15) is 0 Å². The van der Waals surface area contributed by atoms with Crippen LogP contribution in [0.15, 0.2) is 0 Å². The average molecular weight is 257 g/mol. The third-order valence-electron chi connectivity index (χ3n) is 2.90. The lowest BCUT2D eigenvalue weighted by atomic mass is 10.1. The van der Waals surface area contributed by atoms with Crippen molar-refractivity contribution in [3.8, 4) is 0 Å². The van der Waals surface area contributed by atoms with Gasteiger partial charge in [0.15, 0.2) is 0 Å². The fraction of sp³-hybridized carbons (Fsp3) is 0.917. The summed E-state index contributed by atoms with van der Waals surface area (Å²) in [5.41, 5.74) is 0. The van der Waals surface area contributed by atoms with Gasteiger partial charge in [0.2, 0.25) is 9.76 Å². The van der Waals surface area contributed by atoms with Crippen LogP contribution in [0.5, 0.6) is 0 Å². The van der Waals surface area contributed by atoms with Gasteiger partial charge in [0.25, 0.3) is 0 Å². The van der Waals surface area contributed by atoms with E-state index in [1.54, 1.807) is 0 Å². The third kappa shape index (κ3) is 7.39. The summed E-state index contributed by atoms with van der Waals surface area (Å²) >= 11 is 0. The van der Waals surface area contributed by atoms with E-state index in [-0.39, 0.29) is 6.09 Å². The lowest BCUT2D eigenvalue weighted by Crippen LogP contribution is -2.27. The minimum Gasteiger partial charge on any atom is -0.449 e. The molecule has 1 amide bonds. The molecular formula is C12H23NO3Si. The second-order valence-corrected chi connectivity index (χ2v) is 5.43. The largest absolute Gasteiger partial charge is 0.449 e. The summed E-state index contributed by atoms with van der Waals surface area (Å²) in [4.78, 5) is 11.3. The molecular weight excluding hydrogens is 234 g/mol. The molecule has 0 aromatic carbocycles. The molecule has 17 heavy (non-hydrogen) atoms. The van der Waals surface area contributed by atoms with Crippen molar-refractivity contribution < 1.29 is 14.0 Å². The van der Waals surface area contributed by atoms with Crippen molar-refractivity contribution in [2.45, 2.75) is 45.1 Å². The number of ether oxygens (including phenoxy) is 1. The molecule has 1 aliphatic rings. The summed E-state index contributed by atoms with van der Waals surface area (Å²) in [6.45, 7) is 4.04. The molecule has 5 heteroatoms. The molecule has 98 valence electrons. The molecule has 0 aromatic heterocycles. The fourth-order valence-electron chi connectivity index (χ4n) is 1.95. The summed E-state index contributed by atoms with van der Waals surface area (Å²) in [6.07, 6.45) is 5.68. The Morgan fingerprint density at radius 3 is 2.88 bits per heavy atom. The van der Waals surface area contributed by atoms with Gasteiger partial charge in [0, 0.05) is 13.2 Å². The zero-order valence-corrected chi connectivity index (χ0v) is 11.7. The number of rotatable bonds is 8. The van der Waals surface area contributed by atoms with Crippen molar-refractivity contribution in [1.82, 2.24) is 5.32 Å². The molecule has 0 aromatic rings. The first-order valence-corrected chi connectivity index (χ1v) is 7.69. The smallest absolute Gasteiger partial charge is 0.407 e. The quantitative estimate of drug-likeness (QED) is 0.536. The Morgan fingerprint density at radius 1 is 1.41 bits per heavy atom. The first kappa shape index (κ1) is 14.5. The monoisotopic (exact) mass is 257 g/mol. The second kappa shape index (κ2) is 9.47. The minimum absolute atomic E-state index is 0.267. The SMILES string of the molecule is CCO[Si]CCCNC(=O)OCC1CCCC1. The van der Waals surface area contributed by atoms with E-state index in [1.165, 1.54) is 25.7 Å². The number of hydrogen-bond acceptors (Lipinski definition) is 3. The average Bonchev–Trinajstić information content (AvgIpc) is 2.84. The van der Waals surface area contributed by atoms with Crippen LogP contribution < -0.4 is 5.32 Å². The molecule has 1 saturated carbocycles. The summed E-state index contributed by atoms with van der Waals surface area (Å²) in [7, 11) is 0.549. The Morgan fingerprint density at radius 2 is 2.18 bits per heavy atom. The Hall–Kier alpha value is -0.553. The van der Waals surface area contributed by atoms with Crippen LogP contribution in [0.2, 0.25) is 6.04 Å². The first-order valence-electron chi connectivity index (χ1n) is 6.58. The van der Waals surface area contributed by atoms with Crippen molar-refractivity contribution in [3.05, 3.63) is 0 Å². The van der Waals surface area contributed by atoms with Crippen molar-refractivity contribution in [2.75, 3.05) is 19.8 Å². The standard InChI is InChI=1S/C12H23NO3Si/c1-2-16-17-9-5-8-13-12(14)15-10-11-6-3-4-7-11/h11H,2-10H2,1H3,(H,13,14). The normalized spacial score (nSPS) is 16.1. The van der Waals surface area contributed by atoms with E-state index in [1.807, 2.05) is 6.92 Å². The predicted octanol–water partition coefficient (Wildman–Crippen LogP) is 2.37. The van der Waals surface area contributed by atoms with Crippen LogP contribution in [-0.2, 0) is 9.16 Å². The molecule has 1 aliphatic carbocycles. The maximum atomic E-state index is 11.3. The Balaban J connectivity index is 1.87. The highest BCUT2D eigenvalue weighted by molar-refractivity contribution is 6.26. The molecule has 1 fully saturated rings. The van der Waals surface area contributed by atoms with Crippen LogP contribution in [0.1, 0.15) is 39.0 Å². The predicted molar refractivity (Wildman–Crippen MR) is 68.1 cm³/mol. The highest BCUT2D eigenvalue weighted by Crippen LogP contribution is 2.24. The maximum Gasteiger partial charge on any atom is 0.407 e. The second-order valence-electron chi connectivity index (χ2n) is 4.36. The Kier molecular flexibility index (Phi) is 8.09. The van der Waals surface area contributed by atoms with Crippen molar-refractivity contribution in [1.29, 1.82) is 0 Å². The van der Waals surface area contributed by atoms with Gasteiger partial charge in [-0.25, -0.2) is 4.79 Å². The Labute approximate surface area is 106 Å². The van der Waals surface area contributed by atoms with Crippen molar-refractivity contribution in [3.63, 3.8) is 0 Å². The molecule has 1 N–H and O–H groups in total. The van der Waals surface area contributed by atoms with Crippen LogP contribution in [-0.4, -0.2) is 35.6 Å². The molecule has 2 radical (unpaired) electrons. The zero-order valence-electron chi connectivity index (χ0n) is 10.7. The highest BCUT2D eigenvalue weighted by Gasteiger charge is 2.16. The van der Waals surface area contributed by atoms with E-state index in [4.69, 9.17) is 9.16 Å². The Bertz CT molecular complexity index is 208. The molecule has 0 bridgehead atoms. The number of carbonyl (C=O) groups is 1. The summed E-state index contributed by atoms with van der Waals surface area (Å²) in [6, 6.07) is 1.01. The van der Waals surface area contributed by atoms with Gasteiger partial charge in [-0.3, -0.25) is 0 Å². The molecule has 4 nitrogen and oxygen atoms in total. The summed E-state index contributed by atoms with van der Waals surface area (Å²) in [5, 5.41) is 2.77. The van der Waals surface area contributed by atoms with E-state index >= 15 is 0 Å². The maximum absolute atomic E-state index is 11.3. The van der Waals surface area contributed by atoms with Crippen molar-refractivity contribution >= 4 is 15.9 Å². The number of carbonyl (C=O) groups excluding carboxylic acids is 1. The number of nitrogens with one attached hydrogen (secondary N) is 1. The van der Waals surface area contributed by atoms with E-state index in [0.29, 0.717) is 28.8 Å². The van der Waals surface area contributed by atoms with Crippen LogP contribution in [0.25, 0.3) is 0 Å². The molecule has 0 unspecified atom stereocenters. The van der Waals surface area contributed by atoms with Crippen LogP contribution in [0.3, 0.4) is 0 Å². The highest BCUT2D eigenvalue weighted by atomic mass is 28.2. The molecule has 0 heterocycles. The zero-order chi connectivity index (χ0) is 12.3. The van der Waals surface area contributed by atoms with Crippen LogP contribution in [0, 0.1) is 5.92 Å². The minimum atomic E-state index is -0.267. The van der Waals surface area contributed by atoms with Gasteiger partial charge >= 0.3 is 6.09 Å². The van der Waals surface area contributed by atoms with Crippen LogP contribution in [0.4, 0.5) is 4.79 Å². The molecule has 0 saturated heterocycles. The first-order chi connectivity index (χ1) is 8.33. The number of amides is 1. The molecule has 0 spiro atoms. The van der Waals surface area contributed by atoms with Gasteiger partial charge in [-0.2, -0.15) is 0 Å². The third-order valence-corrected chi connectivity index (χ3v) is 3.95. The van der Waals surface area contributed by atoms with E-state index < -0.39 is 0 Å². The van der Waals surface area contributed by atoms with Crippen LogP contribution >= 0.6 is 0 Å². The van der Waals surface area contributed by atoms with Crippen molar-refractivity contribution in [2.24, 2.45) is 5.92 Å². The fourth-order valence-corrected chi connectivity index (χ4v) is 2.62.